The van der Waals surface area contributed by atoms with Crippen molar-refractivity contribution in [2.45, 2.75) is 43.2 Å². The minimum absolute atomic E-state index is 0.0458. The van der Waals surface area contributed by atoms with E-state index in [0.717, 1.165) is 47.8 Å². The number of benzene rings is 1. The van der Waals surface area contributed by atoms with Crippen LogP contribution in [0.15, 0.2) is 76.4 Å². The molecule has 0 bridgehead atoms. The lowest BCUT2D eigenvalue weighted by Crippen LogP contribution is -2.36. The molecule has 0 amide bonds. The molecule has 0 unspecified atom stereocenters. The molecule has 1 fully saturated rings. The minimum atomic E-state index is -2.43. The van der Waals surface area contributed by atoms with Gasteiger partial charge in [0.25, 0.3) is 0 Å². The zero-order valence-electron chi connectivity index (χ0n) is 22.3. The molecular weight excluding hydrogens is 512 g/mol. The quantitative estimate of drug-likeness (QED) is 0.363. The smallest absolute Gasteiger partial charge is 0.138 e. The highest BCUT2D eigenvalue weighted by atomic mass is 32.2. The van der Waals surface area contributed by atoms with E-state index in [4.69, 9.17) is 14.1 Å². The van der Waals surface area contributed by atoms with Crippen molar-refractivity contribution in [2.75, 3.05) is 30.9 Å². The third-order valence-electron chi connectivity index (χ3n) is 6.68. The lowest BCUT2D eigenvalue weighted by Gasteiger charge is -2.31. The van der Waals surface area contributed by atoms with Crippen LogP contribution in [0.4, 0.5) is 5.82 Å². The number of nitriles is 1. The van der Waals surface area contributed by atoms with E-state index in [0.29, 0.717) is 16.8 Å². The Morgan fingerprint density at radius 2 is 1.92 bits per heavy atom. The Kier molecular flexibility index (Phi) is 7.30. The van der Waals surface area contributed by atoms with Gasteiger partial charge in [-0.25, -0.2) is 18.1 Å². The van der Waals surface area contributed by atoms with E-state index in [1.807, 2.05) is 48.5 Å². The van der Waals surface area contributed by atoms with Crippen LogP contribution in [-0.4, -0.2) is 61.5 Å². The summed E-state index contributed by atoms with van der Waals surface area (Å²) in [6, 6.07) is 17.5. The molecule has 5 rings (SSSR count). The van der Waals surface area contributed by atoms with Crippen LogP contribution in [-0.2, 0) is 9.73 Å². The molecule has 1 aliphatic rings. The molecule has 0 spiro atoms. The van der Waals surface area contributed by atoms with Crippen LogP contribution in [0.3, 0.4) is 0 Å². The average molecular weight is 545 g/mol. The maximum Gasteiger partial charge on any atom is 0.138 e. The van der Waals surface area contributed by atoms with E-state index in [-0.39, 0.29) is 12.6 Å². The van der Waals surface area contributed by atoms with Gasteiger partial charge in [-0.3, -0.25) is 0 Å². The molecule has 1 aromatic carbocycles. The van der Waals surface area contributed by atoms with E-state index in [9.17, 15) is 14.6 Å². The standard InChI is InChI=1S/C29H32N6O3S/c1-29(2,36)20-38-24-15-26(28-22(16-30)18-32-35(28)19-24)21-9-10-27(31-17-21)34-13-11-23(12-14-34)33-39(3,37)25-7-5-4-6-8-25/h4-10,15,17-19,23,36H,11-14,20H2,1-3H3/t39-/m1/s1. The van der Waals surface area contributed by atoms with Crippen molar-refractivity contribution >= 4 is 21.1 Å². The maximum atomic E-state index is 13.2. The highest BCUT2D eigenvalue weighted by Crippen LogP contribution is 2.32. The first-order chi connectivity index (χ1) is 18.6. The number of anilines is 1. The van der Waals surface area contributed by atoms with Gasteiger partial charge in [-0.2, -0.15) is 10.4 Å². The number of aromatic nitrogens is 3. The number of aliphatic hydroxyl groups is 1. The van der Waals surface area contributed by atoms with Gasteiger partial charge in [0.1, 0.15) is 24.2 Å². The van der Waals surface area contributed by atoms with Gasteiger partial charge in [-0.15, -0.1) is 0 Å². The summed E-state index contributed by atoms with van der Waals surface area (Å²) in [5, 5.41) is 24.0. The first kappa shape index (κ1) is 26.7. The topological polar surface area (TPSA) is 116 Å². The lowest BCUT2D eigenvalue weighted by atomic mass is 10.0. The SMILES string of the molecule is CC(C)(O)COc1cc(-c2ccc(N3CCC(N=[S@](C)(=O)c4ccccc4)CC3)nc2)c2c(C#N)cnn2c1. The summed E-state index contributed by atoms with van der Waals surface area (Å²) in [5.41, 5.74) is 1.74. The molecule has 0 aliphatic carbocycles. The molecule has 1 aliphatic heterocycles. The normalized spacial score (nSPS) is 16.0. The molecule has 202 valence electrons. The molecule has 4 heterocycles. The second kappa shape index (κ2) is 10.7. The van der Waals surface area contributed by atoms with Gasteiger partial charge in [-0.1, -0.05) is 18.2 Å². The zero-order chi connectivity index (χ0) is 27.6. The molecule has 4 aromatic rings. The summed E-state index contributed by atoms with van der Waals surface area (Å²) in [7, 11) is -2.43. The van der Waals surface area contributed by atoms with Crippen LogP contribution in [0.2, 0.25) is 0 Å². The lowest BCUT2D eigenvalue weighted by molar-refractivity contribution is 0.0283. The van der Waals surface area contributed by atoms with E-state index >= 15 is 0 Å². The van der Waals surface area contributed by atoms with Crippen LogP contribution < -0.4 is 9.64 Å². The Bertz CT molecular complexity index is 1620. The minimum Gasteiger partial charge on any atom is -0.489 e. The van der Waals surface area contributed by atoms with Crippen LogP contribution >= 0.6 is 0 Å². The average Bonchev–Trinajstić information content (AvgIpc) is 3.35. The Labute approximate surface area is 228 Å². The van der Waals surface area contributed by atoms with E-state index in [2.05, 4.69) is 16.1 Å². The summed E-state index contributed by atoms with van der Waals surface area (Å²) in [6.07, 6.45) is 8.36. The number of hydrogen-bond donors (Lipinski definition) is 1. The van der Waals surface area contributed by atoms with Crippen molar-refractivity contribution in [3.05, 3.63) is 72.7 Å². The maximum absolute atomic E-state index is 13.2. The first-order valence-corrected chi connectivity index (χ1v) is 14.8. The number of rotatable bonds is 7. The second-order valence-electron chi connectivity index (χ2n) is 10.5. The number of pyridine rings is 2. The largest absolute Gasteiger partial charge is 0.489 e. The molecule has 1 saturated heterocycles. The Hall–Kier alpha value is -3.94. The number of piperidine rings is 1. The van der Waals surface area contributed by atoms with Crippen LogP contribution in [0.5, 0.6) is 5.75 Å². The fourth-order valence-electron chi connectivity index (χ4n) is 4.69. The van der Waals surface area contributed by atoms with Gasteiger partial charge >= 0.3 is 0 Å². The molecule has 1 atom stereocenters. The van der Waals surface area contributed by atoms with Crippen LogP contribution in [0, 0.1) is 11.3 Å². The Balaban J connectivity index is 1.34. The van der Waals surface area contributed by atoms with Gasteiger partial charge in [0, 0.05) is 41.6 Å². The van der Waals surface area contributed by atoms with E-state index in [1.165, 1.54) is 6.20 Å². The monoisotopic (exact) mass is 544 g/mol. The number of fused-ring (bicyclic) bond motifs is 1. The van der Waals surface area contributed by atoms with Gasteiger partial charge < -0.3 is 14.7 Å². The molecule has 1 N–H and O–H groups in total. The predicted molar refractivity (Wildman–Crippen MR) is 151 cm³/mol. The zero-order valence-corrected chi connectivity index (χ0v) is 23.1. The highest BCUT2D eigenvalue weighted by molar-refractivity contribution is 7.93. The predicted octanol–water partition coefficient (Wildman–Crippen LogP) is 4.54. The number of hydrogen-bond acceptors (Lipinski definition) is 8. The van der Waals surface area contributed by atoms with Crippen molar-refractivity contribution in [1.82, 2.24) is 14.6 Å². The fraction of sp³-hybridized carbons (Fsp3) is 0.345. The summed E-state index contributed by atoms with van der Waals surface area (Å²) in [5.74, 6) is 1.39. The number of ether oxygens (including phenoxy) is 1. The van der Waals surface area contributed by atoms with Crippen molar-refractivity contribution in [3.63, 3.8) is 0 Å². The van der Waals surface area contributed by atoms with E-state index < -0.39 is 15.3 Å². The highest BCUT2D eigenvalue weighted by Gasteiger charge is 2.22. The van der Waals surface area contributed by atoms with Crippen molar-refractivity contribution in [1.29, 1.82) is 5.26 Å². The Morgan fingerprint density at radius 3 is 2.56 bits per heavy atom. The number of nitrogens with zero attached hydrogens (tertiary/aromatic N) is 6. The molecule has 9 nitrogen and oxygen atoms in total. The molecule has 0 saturated carbocycles. The molecular formula is C29H32N6O3S. The van der Waals surface area contributed by atoms with Crippen molar-refractivity contribution in [3.8, 4) is 22.9 Å². The molecule has 10 heteroatoms. The van der Waals surface area contributed by atoms with Gasteiger partial charge in [0.05, 0.1) is 44.8 Å². The third-order valence-corrected chi connectivity index (χ3v) is 8.52. The third kappa shape index (κ3) is 6.05. The molecule has 3 aromatic heterocycles. The van der Waals surface area contributed by atoms with Crippen molar-refractivity contribution in [2.24, 2.45) is 4.36 Å². The summed E-state index contributed by atoms with van der Waals surface area (Å²) in [4.78, 5) is 7.72. The van der Waals surface area contributed by atoms with Gasteiger partial charge in [-0.05, 0) is 57.0 Å². The van der Waals surface area contributed by atoms with Gasteiger partial charge in [0.15, 0.2) is 0 Å². The first-order valence-electron chi connectivity index (χ1n) is 12.9. The molecule has 39 heavy (non-hydrogen) atoms. The van der Waals surface area contributed by atoms with Crippen molar-refractivity contribution < 1.29 is 14.1 Å². The summed E-state index contributed by atoms with van der Waals surface area (Å²) >= 11 is 0. The summed E-state index contributed by atoms with van der Waals surface area (Å²) < 4.78 is 25.3. The Morgan fingerprint density at radius 1 is 1.18 bits per heavy atom. The van der Waals surface area contributed by atoms with Crippen LogP contribution in [0.25, 0.3) is 16.6 Å². The second-order valence-corrected chi connectivity index (χ2v) is 12.8. The van der Waals surface area contributed by atoms with Gasteiger partial charge in [0.2, 0.25) is 0 Å². The fourth-order valence-corrected chi connectivity index (χ4v) is 6.25. The van der Waals surface area contributed by atoms with E-state index in [1.54, 1.807) is 37.0 Å². The molecule has 0 radical (unpaired) electrons. The van der Waals surface area contributed by atoms with Crippen LogP contribution in [0.1, 0.15) is 32.3 Å². The summed E-state index contributed by atoms with van der Waals surface area (Å²) in [6.45, 7) is 5.02.